The van der Waals surface area contributed by atoms with Crippen molar-refractivity contribution in [1.29, 1.82) is 0 Å². The van der Waals surface area contributed by atoms with E-state index in [4.69, 9.17) is 15.2 Å². The summed E-state index contributed by atoms with van der Waals surface area (Å²) in [5.74, 6) is 0.0377. The van der Waals surface area contributed by atoms with Crippen LogP contribution in [0.4, 0.5) is 0 Å². The molecule has 0 aromatic heterocycles. The first-order chi connectivity index (χ1) is 12.7. The summed E-state index contributed by atoms with van der Waals surface area (Å²) in [7, 11) is -1.01. The first-order valence-corrected chi connectivity index (χ1v) is 9.47. The number of primary amides is 1. The van der Waals surface area contributed by atoms with E-state index in [-0.39, 0.29) is 10.5 Å². The van der Waals surface area contributed by atoms with Gasteiger partial charge in [0, 0.05) is 11.6 Å². The van der Waals surface area contributed by atoms with Crippen molar-refractivity contribution in [2.45, 2.75) is 17.9 Å². The maximum atomic E-state index is 12.8. The quantitative estimate of drug-likeness (QED) is 0.671. The van der Waals surface area contributed by atoms with Crippen LogP contribution in [0.25, 0.3) is 0 Å². The molecule has 2 aromatic carbocycles. The zero-order valence-corrected chi connectivity index (χ0v) is 16.2. The van der Waals surface area contributed by atoms with Gasteiger partial charge in [0.05, 0.1) is 25.2 Å². The molecule has 3 N–H and O–H groups in total. The van der Waals surface area contributed by atoms with E-state index in [1.54, 1.807) is 30.3 Å². The summed E-state index contributed by atoms with van der Waals surface area (Å²) in [4.78, 5) is 11.8. The number of sulfonamides is 1. The van der Waals surface area contributed by atoms with Gasteiger partial charge < -0.3 is 15.2 Å². The molecule has 1 atom stereocenters. The molecule has 0 radical (unpaired) electrons. The normalized spacial score (nSPS) is 12.3. The highest BCUT2D eigenvalue weighted by Crippen LogP contribution is 2.30. The predicted octanol–water partition coefficient (Wildman–Crippen LogP) is 2.07. The molecule has 8 heteroatoms. The number of nitrogens with two attached hydrogens (primary N) is 1. The van der Waals surface area contributed by atoms with Crippen molar-refractivity contribution in [2.75, 3.05) is 14.2 Å². The number of hydrogen-bond donors (Lipinski definition) is 2. The highest BCUT2D eigenvalue weighted by atomic mass is 32.2. The van der Waals surface area contributed by atoms with Crippen molar-refractivity contribution < 1.29 is 22.7 Å². The average Bonchev–Trinajstić information content (AvgIpc) is 2.65. The fourth-order valence-electron chi connectivity index (χ4n) is 2.42. The Labute approximate surface area is 158 Å². The molecule has 0 aliphatic carbocycles. The third-order valence-electron chi connectivity index (χ3n) is 3.98. The topological polar surface area (TPSA) is 108 Å². The summed E-state index contributed by atoms with van der Waals surface area (Å²) in [5, 5.41) is 0. The lowest BCUT2D eigenvalue weighted by Crippen LogP contribution is -2.33. The van der Waals surface area contributed by atoms with E-state index in [2.05, 4.69) is 11.3 Å². The molecular weight excluding hydrogens is 368 g/mol. The standard InChI is InChI=1S/C19H22N2O5S/c1-12-5-7-17(8-6-12)27(23,24)21-18(13(2)19(20)22)14-9-15(25-3)11-16(10-14)26-4/h5-11,18,21H,2H2,1,3-4H3,(H2,20,22). The van der Waals surface area contributed by atoms with Crippen molar-refractivity contribution in [3.05, 3.63) is 65.7 Å². The number of rotatable bonds is 8. The van der Waals surface area contributed by atoms with Crippen LogP contribution in [0.5, 0.6) is 11.5 Å². The van der Waals surface area contributed by atoms with E-state index in [0.717, 1.165) is 5.56 Å². The summed E-state index contributed by atoms with van der Waals surface area (Å²) in [5.41, 5.74) is 6.58. The van der Waals surface area contributed by atoms with Crippen LogP contribution in [0.2, 0.25) is 0 Å². The van der Waals surface area contributed by atoms with Crippen LogP contribution in [0.1, 0.15) is 17.2 Å². The highest BCUT2D eigenvalue weighted by molar-refractivity contribution is 7.89. The van der Waals surface area contributed by atoms with Crippen LogP contribution in [-0.4, -0.2) is 28.5 Å². The van der Waals surface area contributed by atoms with E-state index in [9.17, 15) is 13.2 Å². The fourth-order valence-corrected chi connectivity index (χ4v) is 3.64. The van der Waals surface area contributed by atoms with E-state index in [0.29, 0.717) is 17.1 Å². The molecule has 1 amide bonds. The van der Waals surface area contributed by atoms with Gasteiger partial charge in [-0.2, -0.15) is 4.72 Å². The van der Waals surface area contributed by atoms with Gasteiger partial charge in [0.1, 0.15) is 11.5 Å². The maximum absolute atomic E-state index is 12.8. The number of carbonyl (C=O) groups is 1. The van der Waals surface area contributed by atoms with E-state index in [1.165, 1.54) is 26.4 Å². The van der Waals surface area contributed by atoms with E-state index >= 15 is 0 Å². The fraction of sp³-hybridized carbons (Fsp3) is 0.211. The number of nitrogens with one attached hydrogen (secondary N) is 1. The average molecular weight is 390 g/mol. The van der Waals surface area contributed by atoms with Crippen LogP contribution in [0, 0.1) is 6.92 Å². The number of ether oxygens (including phenoxy) is 2. The molecule has 0 spiro atoms. The second-order valence-corrected chi connectivity index (χ2v) is 7.62. The third-order valence-corrected chi connectivity index (χ3v) is 5.42. The van der Waals surface area contributed by atoms with Crippen LogP contribution >= 0.6 is 0 Å². The molecule has 1 unspecified atom stereocenters. The van der Waals surface area contributed by atoms with E-state index < -0.39 is 22.0 Å². The van der Waals surface area contributed by atoms with Crippen molar-refractivity contribution in [2.24, 2.45) is 5.73 Å². The van der Waals surface area contributed by atoms with Crippen LogP contribution in [-0.2, 0) is 14.8 Å². The SMILES string of the molecule is C=C(C(N)=O)C(NS(=O)(=O)c1ccc(C)cc1)c1cc(OC)cc(OC)c1. The maximum Gasteiger partial charge on any atom is 0.246 e. The second-order valence-electron chi connectivity index (χ2n) is 5.90. The minimum absolute atomic E-state index is 0.0604. The summed E-state index contributed by atoms with van der Waals surface area (Å²) in [6.07, 6.45) is 0. The summed E-state index contributed by atoms with van der Waals surface area (Å²) in [6, 6.07) is 10.0. The molecule has 0 heterocycles. The summed E-state index contributed by atoms with van der Waals surface area (Å²) < 4.78 is 38.5. The molecule has 0 aliphatic heterocycles. The first kappa shape index (κ1) is 20.5. The summed E-state index contributed by atoms with van der Waals surface area (Å²) in [6.45, 7) is 5.50. The van der Waals surface area contributed by atoms with Gasteiger partial charge in [0.2, 0.25) is 15.9 Å². The van der Waals surface area contributed by atoms with Crippen LogP contribution in [0.15, 0.2) is 59.5 Å². The summed E-state index contributed by atoms with van der Waals surface area (Å²) >= 11 is 0. The lowest BCUT2D eigenvalue weighted by Gasteiger charge is -2.21. The van der Waals surface area contributed by atoms with E-state index in [1.807, 2.05) is 6.92 Å². The molecule has 0 fully saturated rings. The minimum Gasteiger partial charge on any atom is -0.497 e. The third kappa shape index (κ3) is 4.87. The van der Waals surface area contributed by atoms with Gasteiger partial charge >= 0.3 is 0 Å². The number of aryl methyl sites for hydroxylation is 1. The van der Waals surface area contributed by atoms with Gasteiger partial charge in [0.15, 0.2) is 0 Å². The molecular formula is C19H22N2O5S. The zero-order chi connectivity index (χ0) is 20.2. The number of hydrogen-bond acceptors (Lipinski definition) is 5. The second kappa shape index (κ2) is 8.24. The van der Waals surface area contributed by atoms with Crippen LogP contribution in [0.3, 0.4) is 0 Å². The molecule has 0 saturated carbocycles. The first-order valence-electron chi connectivity index (χ1n) is 7.98. The molecule has 144 valence electrons. The van der Waals surface area contributed by atoms with Gasteiger partial charge in [-0.15, -0.1) is 0 Å². The number of methoxy groups -OCH3 is 2. The number of amides is 1. The lowest BCUT2D eigenvalue weighted by atomic mass is 10.00. The Kier molecular flexibility index (Phi) is 6.24. The predicted molar refractivity (Wildman–Crippen MR) is 102 cm³/mol. The van der Waals surface area contributed by atoms with Gasteiger partial charge in [-0.05, 0) is 36.8 Å². The Bertz CT molecular complexity index is 930. The molecule has 2 aromatic rings. The number of carbonyl (C=O) groups excluding carboxylic acids is 1. The van der Waals surface area contributed by atoms with Gasteiger partial charge in [-0.25, -0.2) is 8.42 Å². The number of benzene rings is 2. The van der Waals surface area contributed by atoms with Crippen molar-refractivity contribution in [3.8, 4) is 11.5 Å². The lowest BCUT2D eigenvalue weighted by molar-refractivity contribution is -0.114. The smallest absolute Gasteiger partial charge is 0.246 e. The van der Waals surface area contributed by atoms with Crippen molar-refractivity contribution >= 4 is 15.9 Å². The van der Waals surface area contributed by atoms with Gasteiger partial charge in [0.25, 0.3) is 0 Å². The Morgan fingerprint density at radius 1 is 1.07 bits per heavy atom. The largest absolute Gasteiger partial charge is 0.497 e. The molecule has 7 nitrogen and oxygen atoms in total. The highest BCUT2D eigenvalue weighted by Gasteiger charge is 2.27. The Morgan fingerprint density at radius 2 is 1.59 bits per heavy atom. The molecule has 0 saturated heterocycles. The molecule has 27 heavy (non-hydrogen) atoms. The van der Waals surface area contributed by atoms with Crippen molar-refractivity contribution in [1.82, 2.24) is 4.72 Å². The van der Waals surface area contributed by atoms with Gasteiger partial charge in [-0.1, -0.05) is 24.3 Å². The Balaban J connectivity index is 2.51. The zero-order valence-electron chi connectivity index (χ0n) is 15.4. The van der Waals surface area contributed by atoms with Gasteiger partial charge in [-0.3, -0.25) is 4.79 Å². The minimum atomic E-state index is -3.94. The Morgan fingerprint density at radius 3 is 2.04 bits per heavy atom. The van der Waals surface area contributed by atoms with Crippen LogP contribution < -0.4 is 19.9 Å². The molecule has 0 bridgehead atoms. The molecule has 0 aliphatic rings. The Hall–Kier alpha value is -2.84. The monoisotopic (exact) mass is 390 g/mol. The van der Waals surface area contributed by atoms with Crippen molar-refractivity contribution in [3.63, 3.8) is 0 Å². The molecule has 2 rings (SSSR count).